The predicted octanol–water partition coefficient (Wildman–Crippen LogP) is 6.02. The number of anilines is 1. The number of carbonyl (C=O) groups is 2. The van der Waals surface area contributed by atoms with Gasteiger partial charge in [0.1, 0.15) is 10.7 Å². The Bertz CT molecular complexity index is 1370. The summed E-state index contributed by atoms with van der Waals surface area (Å²) in [5.41, 5.74) is 0.240. The van der Waals surface area contributed by atoms with Gasteiger partial charge < -0.3 is 9.88 Å². The van der Waals surface area contributed by atoms with E-state index < -0.39 is 22.7 Å². The van der Waals surface area contributed by atoms with E-state index in [0.29, 0.717) is 16.6 Å². The third kappa shape index (κ3) is 5.75. The molecule has 1 amide bonds. The predicted molar refractivity (Wildman–Crippen MR) is 125 cm³/mol. The second-order valence-corrected chi connectivity index (χ2v) is 9.08. The lowest BCUT2D eigenvalue weighted by atomic mass is 10.00. The fourth-order valence-electron chi connectivity index (χ4n) is 3.26. The summed E-state index contributed by atoms with van der Waals surface area (Å²) >= 11 is 6.61. The van der Waals surface area contributed by atoms with Crippen LogP contribution < -0.4 is 5.32 Å². The zero-order valence-corrected chi connectivity index (χ0v) is 19.7. The van der Waals surface area contributed by atoms with Crippen LogP contribution in [0.4, 0.5) is 19.0 Å². The number of ketones is 1. The molecule has 0 saturated heterocycles. The molecule has 180 valence electrons. The minimum atomic E-state index is -4.68. The number of carbonyl (C=O) groups excluding carboxylic acids is 2. The number of nitrogens with zero attached hydrogens (tertiary/aromatic N) is 4. The number of halogens is 4. The lowest BCUT2D eigenvalue weighted by Gasteiger charge is -2.10. The number of Topliss-reactive ketones (excluding diaryl/α,β-unsaturated/α-hetero) is 1. The fraction of sp³-hybridized carbons (Fsp3) is 0.174. The number of imidazole rings is 1. The molecule has 1 N–H and O–H groups in total. The van der Waals surface area contributed by atoms with Crippen LogP contribution in [0.25, 0.3) is 5.69 Å². The van der Waals surface area contributed by atoms with Crippen molar-refractivity contribution in [2.24, 2.45) is 0 Å². The molecule has 3 aromatic heterocycles. The maximum Gasteiger partial charge on any atom is 0.418 e. The van der Waals surface area contributed by atoms with Gasteiger partial charge in [-0.1, -0.05) is 30.7 Å². The summed E-state index contributed by atoms with van der Waals surface area (Å²) in [5, 5.41) is 2.31. The number of rotatable bonds is 7. The maximum atomic E-state index is 13.0. The van der Waals surface area contributed by atoms with Gasteiger partial charge in [0.25, 0.3) is 5.91 Å². The van der Waals surface area contributed by atoms with Gasteiger partial charge >= 0.3 is 6.18 Å². The Hall–Kier alpha value is -3.57. The summed E-state index contributed by atoms with van der Waals surface area (Å²) < 4.78 is 40.9. The van der Waals surface area contributed by atoms with E-state index >= 15 is 0 Å². The highest BCUT2D eigenvalue weighted by Gasteiger charge is 2.34. The van der Waals surface area contributed by atoms with Crippen molar-refractivity contribution in [1.82, 2.24) is 19.5 Å². The van der Waals surface area contributed by atoms with Crippen LogP contribution in [-0.2, 0) is 6.18 Å². The molecular formula is C23H17ClF3N5O2S. The van der Waals surface area contributed by atoms with Crippen molar-refractivity contribution in [3.63, 3.8) is 0 Å². The summed E-state index contributed by atoms with van der Waals surface area (Å²) in [7, 11) is 0. The van der Waals surface area contributed by atoms with Crippen molar-refractivity contribution in [2.75, 3.05) is 5.32 Å². The molecule has 7 nitrogen and oxygen atoms in total. The second kappa shape index (κ2) is 9.96. The molecule has 0 fully saturated rings. The summed E-state index contributed by atoms with van der Waals surface area (Å²) in [4.78, 5) is 37.5. The highest BCUT2D eigenvalue weighted by molar-refractivity contribution is 7.13. The van der Waals surface area contributed by atoms with Gasteiger partial charge in [-0.15, -0.1) is 11.3 Å². The molecule has 0 saturated carbocycles. The normalized spacial score (nSPS) is 12.4. The van der Waals surface area contributed by atoms with Crippen LogP contribution in [-0.4, -0.2) is 31.2 Å². The Morgan fingerprint density at radius 1 is 1.20 bits per heavy atom. The van der Waals surface area contributed by atoms with Gasteiger partial charge in [0.15, 0.2) is 5.78 Å². The van der Waals surface area contributed by atoms with Gasteiger partial charge in [-0.3, -0.25) is 9.59 Å². The van der Waals surface area contributed by atoms with Crippen molar-refractivity contribution in [2.45, 2.75) is 25.4 Å². The Kier molecular flexibility index (Phi) is 6.99. The van der Waals surface area contributed by atoms with Crippen LogP contribution in [0.2, 0.25) is 5.02 Å². The van der Waals surface area contributed by atoms with E-state index in [0.717, 1.165) is 23.2 Å². The summed E-state index contributed by atoms with van der Waals surface area (Å²) in [6, 6.07) is 7.81. The van der Waals surface area contributed by atoms with Gasteiger partial charge in [0.05, 0.1) is 28.1 Å². The van der Waals surface area contributed by atoms with E-state index in [1.165, 1.54) is 6.20 Å². The molecule has 1 unspecified atom stereocenters. The average Bonchev–Trinajstić information content (AvgIpc) is 3.52. The molecule has 0 bridgehead atoms. The molecule has 4 rings (SSSR count). The minimum absolute atomic E-state index is 0.0919. The Morgan fingerprint density at radius 2 is 2.00 bits per heavy atom. The maximum absolute atomic E-state index is 13.0. The van der Waals surface area contributed by atoms with Crippen molar-refractivity contribution in [1.29, 1.82) is 0 Å². The van der Waals surface area contributed by atoms with E-state index in [1.54, 1.807) is 41.5 Å². The van der Waals surface area contributed by atoms with E-state index in [1.807, 2.05) is 13.0 Å². The summed E-state index contributed by atoms with van der Waals surface area (Å²) in [6.45, 7) is 1.81. The van der Waals surface area contributed by atoms with Crippen LogP contribution in [0.5, 0.6) is 0 Å². The Balaban J connectivity index is 1.42. The smallest absolute Gasteiger partial charge is 0.306 e. The largest absolute Gasteiger partial charge is 0.418 e. The number of amides is 1. The standard InChI is InChI=1S/C23H17ClF3N5O2S/c1-13(7-18(33)14-3-2-4-15(8-14)32-6-5-28-12-32)22-30-11-19(35-22)21(34)31-20-9-16(23(25,26)27)17(24)10-29-20/h2-6,8-13H,7H2,1H3,(H,29,31,34). The zero-order valence-electron chi connectivity index (χ0n) is 18.1. The number of hydrogen-bond donors (Lipinski definition) is 1. The molecule has 12 heteroatoms. The zero-order chi connectivity index (χ0) is 25.2. The Labute approximate surface area is 206 Å². The van der Waals surface area contributed by atoms with Crippen molar-refractivity contribution < 1.29 is 22.8 Å². The van der Waals surface area contributed by atoms with E-state index in [4.69, 9.17) is 11.6 Å². The summed E-state index contributed by atoms with van der Waals surface area (Å²) in [6.07, 6.45) is 2.68. The van der Waals surface area contributed by atoms with E-state index in [-0.39, 0.29) is 28.8 Å². The number of alkyl halides is 3. The van der Waals surface area contributed by atoms with Gasteiger partial charge in [-0.2, -0.15) is 13.2 Å². The van der Waals surface area contributed by atoms with Crippen LogP contribution in [0.3, 0.4) is 0 Å². The van der Waals surface area contributed by atoms with Crippen LogP contribution in [0.15, 0.2) is 61.4 Å². The lowest BCUT2D eigenvalue weighted by Crippen LogP contribution is -2.13. The molecule has 0 spiro atoms. The molecule has 0 aliphatic carbocycles. The first-order chi connectivity index (χ1) is 16.6. The van der Waals surface area contributed by atoms with Crippen LogP contribution in [0, 0.1) is 0 Å². The molecule has 1 aromatic carbocycles. The molecule has 35 heavy (non-hydrogen) atoms. The SMILES string of the molecule is CC(CC(=O)c1cccc(-n2ccnc2)c1)c1ncc(C(=O)Nc2cc(C(F)(F)F)c(Cl)cn2)s1. The second-order valence-electron chi connectivity index (χ2n) is 7.61. The van der Waals surface area contributed by atoms with E-state index in [9.17, 15) is 22.8 Å². The van der Waals surface area contributed by atoms with Gasteiger partial charge in [-0.05, 0) is 18.2 Å². The van der Waals surface area contributed by atoms with E-state index in [2.05, 4.69) is 20.3 Å². The highest BCUT2D eigenvalue weighted by Crippen LogP contribution is 2.35. The third-order valence-electron chi connectivity index (χ3n) is 5.03. The number of hydrogen-bond acceptors (Lipinski definition) is 6. The Morgan fingerprint density at radius 3 is 2.71 bits per heavy atom. The molecule has 0 aliphatic heterocycles. The molecular weight excluding hydrogens is 503 g/mol. The fourth-order valence-corrected chi connectivity index (χ4v) is 4.33. The molecule has 0 radical (unpaired) electrons. The first-order valence-electron chi connectivity index (χ1n) is 10.2. The van der Waals surface area contributed by atoms with Gasteiger partial charge in [-0.25, -0.2) is 15.0 Å². The number of aromatic nitrogens is 4. The van der Waals surface area contributed by atoms with Crippen molar-refractivity contribution in [3.05, 3.63) is 87.5 Å². The van der Waals surface area contributed by atoms with Crippen LogP contribution >= 0.6 is 22.9 Å². The third-order valence-corrected chi connectivity index (χ3v) is 6.56. The van der Waals surface area contributed by atoms with Gasteiger partial charge in [0, 0.05) is 42.2 Å². The minimum Gasteiger partial charge on any atom is -0.306 e. The number of nitrogens with one attached hydrogen (secondary N) is 1. The number of thiazole rings is 1. The highest BCUT2D eigenvalue weighted by atomic mass is 35.5. The first kappa shape index (κ1) is 24.6. The summed E-state index contributed by atoms with van der Waals surface area (Å²) in [5.74, 6) is -1.33. The molecule has 0 aliphatic rings. The average molecular weight is 520 g/mol. The number of benzene rings is 1. The monoisotopic (exact) mass is 519 g/mol. The molecule has 4 aromatic rings. The number of pyridine rings is 1. The van der Waals surface area contributed by atoms with Crippen molar-refractivity contribution in [3.8, 4) is 5.69 Å². The van der Waals surface area contributed by atoms with Crippen molar-refractivity contribution >= 4 is 40.4 Å². The van der Waals surface area contributed by atoms with Crippen LogP contribution in [0.1, 0.15) is 49.9 Å². The topological polar surface area (TPSA) is 89.8 Å². The first-order valence-corrected chi connectivity index (χ1v) is 11.4. The molecule has 1 atom stereocenters. The quantitative estimate of drug-likeness (QED) is 0.301. The lowest BCUT2D eigenvalue weighted by molar-refractivity contribution is -0.137. The van der Waals surface area contributed by atoms with Gasteiger partial charge in [0.2, 0.25) is 0 Å². The molecule has 3 heterocycles.